The molecule has 1 aromatic rings. The maximum atomic E-state index is 12.1. The van der Waals surface area contributed by atoms with Gasteiger partial charge in [-0.1, -0.05) is 48.6 Å². The number of aliphatic hydroxyl groups is 1. The quantitative estimate of drug-likeness (QED) is 0.424. The Bertz CT molecular complexity index is 648. The van der Waals surface area contributed by atoms with E-state index in [4.69, 9.17) is 5.11 Å². The lowest BCUT2D eigenvalue weighted by atomic mass is 9.86. The lowest BCUT2D eigenvalue weighted by Crippen LogP contribution is -2.17. The Morgan fingerprint density at radius 1 is 1.15 bits per heavy atom. The van der Waals surface area contributed by atoms with E-state index in [-0.39, 0.29) is 30.1 Å². The van der Waals surface area contributed by atoms with Crippen molar-refractivity contribution in [3.63, 3.8) is 0 Å². The van der Waals surface area contributed by atoms with Crippen molar-refractivity contribution in [3.8, 4) is 0 Å². The van der Waals surface area contributed by atoms with Gasteiger partial charge in [-0.15, -0.1) is 0 Å². The van der Waals surface area contributed by atoms with Crippen molar-refractivity contribution in [1.29, 1.82) is 0 Å². The summed E-state index contributed by atoms with van der Waals surface area (Å²) in [5.74, 6) is -0.465. The van der Waals surface area contributed by atoms with Crippen LogP contribution in [0.2, 0.25) is 0 Å². The summed E-state index contributed by atoms with van der Waals surface area (Å²) < 4.78 is 0. The number of carbonyl (C=O) groups is 2. The van der Waals surface area contributed by atoms with Crippen LogP contribution < -0.4 is 0 Å². The Kier molecular flexibility index (Phi) is 8.99. The molecular formula is C23H30O4. The number of aliphatic carboxylic acids is 1. The third-order valence-electron chi connectivity index (χ3n) is 5.15. The van der Waals surface area contributed by atoms with Crippen molar-refractivity contribution in [2.75, 3.05) is 0 Å². The first-order valence-electron chi connectivity index (χ1n) is 9.87. The van der Waals surface area contributed by atoms with E-state index in [0.717, 1.165) is 25.7 Å². The molecule has 3 atom stereocenters. The number of carboxylic acid groups (broad SMARTS) is 1. The van der Waals surface area contributed by atoms with Crippen LogP contribution in [0.25, 0.3) is 0 Å². The number of benzene rings is 1. The van der Waals surface area contributed by atoms with Crippen molar-refractivity contribution in [1.82, 2.24) is 0 Å². The molecule has 0 aliphatic heterocycles. The Morgan fingerprint density at radius 2 is 1.93 bits per heavy atom. The molecule has 0 saturated heterocycles. The van der Waals surface area contributed by atoms with Crippen molar-refractivity contribution in [2.45, 2.75) is 57.5 Å². The molecule has 0 radical (unpaired) electrons. The highest BCUT2D eigenvalue weighted by atomic mass is 16.4. The number of hydrogen-bond acceptors (Lipinski definition) is 3. The summed E-state index contributed by atoms with van der Waals surface area (Å²) in [5.41, 5.74) is 1.23. The second-order valence-corrected chi connectivity index (χ2v) is 7.28. The molecule has 1 aromatic carbocycles. The van der Waals surface area contributed by atoms with Gasteiger partial charge in [0.2, 0.25) is 0 Å². The average molecular weight is 370 g/mol. The van der Waals surface area contributed by atoms with Gasteiger partial charge in [0.1, 0.15) is 0 Å². The average Bonchev–Trinajstić information content (AvgIpc) is 3.01. The maximum Gasteiger partial charge on any atom is 0.303 e. The van der Waals surface area contributed by atoms with Crippen molar-refractivity contribution in [3.05, 3.63) is 60.2 Å². The third-order valence-corrected chi connectivity index (χ3v) is 5.15. The predicted octanol–water partition coefficient (Wildman–Crippen LogP) is 4.33. The van der Waals surface area contributed by atoms with E-state index in [1.54, 1.807) is 6.08 Å². The SMILES string of the molecule is O=C(O)CCC/C=C\CC1C(=O)C=C[C@@H]1CCC(O)CCc1ccccc1. The standard InChI is InChI=1S/C23H30O4/c24-20(15-12-18-8-4-3-5-9-18)16-13-19-14-17-22(25)21(19)10-6-1-2-7-11-23(26)27/h1,3-6,8-9,14,17,19-21,24H,2,7,10-13,15-16H2,(H,26,27)/b6-1-/t19-,20?,21?/m0/s1. The van der Waals surface area contributed by atoms with Gasteiger partial charge in [0, 0.05) is 12.3 Å². The van der Waals surface area contributed by atoms with Crippen LogP contribution in [0.5, 0.6) is 0 Å². The van der Waals surface area contributed by atoms with E-state index >= 15 is 0 Å². The van der Waals surface area contributed by atoms with Gasteiger partial charge in [0.05, 0.1) is 6.10 Å². The summed E-state index contributed by atoms with van der Waals surface area (Å²) >= 11 is 0. The first-order chi connectivity index (χ1) is 13.1. The maximum absolute atomic E-state index is 12.1. The highest BCUT2D eigenvalue weighted by Gasteiger charge is 2.29. The molecule has 1 aliphatic carbocycles. The summed E-state index contributed by atoms with van der Waals surface area (Å²) in [6, 6.07) is 10.2. The molecule has 0 bridgehead atoms. The molecule has 2 rings (SSSR count). The van der Waals surface area contributed by atoms with Crippen LogP contribution in [0.1, 0.15) is 50.5 Å². The first-order valence-corrected chi connectivity index (χ1v) is 9.87. The van der Waals surface area contributed by atoms with Crippen LogP contribution in [0, 0.1) is 11.8 Å². The Labute approximate surface area is 161 Å². The second kappa shape index (κ2) is 11.5. The molecule has 4 nitrogen and oxygen atoms in total. The van der Waals surface area contributed by atoms with Gasteiger partial charge in [-0.05, 0) is 62.5 Å². The van der Waals surface area contributed by atoms with E-state index in [1.165, 1.54) is 5.56 Å². The number of unbranched alkanes of at least 4 members (excludes halogenated alkanes) is 1. The third kappa shape index (κ3) is 7.92. The molecule has 0 heterocycles. The molecule has 0 spiro atoms. The van der Waals surface area contributed by atoms with Crippen molar-refractivity contribution >= 4 is 11.8 Å². The van der Waals surface area contributed by atoms with E-state index < -0.39 is 5.97 Å². The molecular weight excluding hydrogens is 340 g/mol. The predicted molar refractivity (Wildman–Crippen MR) is 106 cm³/mol. The van der Waals surface area contributed by atoms with Gasteiger partial charge in [-0.3, -0.25) is 9.59 Å². The monoisotopic (exact) mass is 370 g/mol. The Hall–Kier alpha value is -2.20. The highest BCUT2D eigenvalue weighted by molar-refractivity contribution is 5.94. The zero-order valence-electron chi connectivity index (χ0n) is 15.8. The van der Waals surface area contributed by atoms with Gasteiger partial charge < -0.3 is 10.2 Å². The molecule has 27 heavy (non-hydrogen) atoms. The smallest absolute Gasteiger partial charge is 0.303 e. The van der Waals surface area contributed by atoms with Gasteiger partial charge >= 0.3 is 5.97 Å². The number of carboxylic acids is 1. The Balaban J connectivity index is 1.69. The number of aryl methyl sites for hydroxylation is 1. The van der Waals surface area contributed by atoms with Crippen LogP contribution >= 0.6 is 0 Å². The van der Waals surface area contributed by atoms with Crippen LogP contribution in [0.4, 0.5) is 0 Å². The summed E-state index contributed by atoms with van der Waals surface area (Å²) in [6.45, 7) is 0. The molecule has 2 N–H and O–H groups in total. The summed E-state index contributed by atoms with van der Waals surface area (Å²) in [6.07, 6.45) is 12.6. The van der Waals surface area contributed by atoms with Gasteiger partial charge in [-0.25, -0.2) is 0 Å². The molecule has 4 heteroatoms. The molecule has 0 fully saturated rings. The lowest BCUT2D eigenvalue weighted by molar-refractivity contribution is -0.137. The molecule has 2 unspecified atom stereocenters. The topological polar surface area (TPSA) is 74.6 Å². The molecule has 0 saturated carbocycles. The van der Waals surface area contributed by atoms with E-state index in [0.29, 0.717) is 19.3 Å². The van der Waals surface area contributed by atoms with Crippen LogP contribution in [-0.4, -0.2) is 28.1 Å². The summed E-state index contributed by atoms with van der Waals surface area (Å²) in [5, 5.41) is 18.9. The van der Waals surface area contributed by atoms with Crippen molar-refractivity contribution < 1.29 is 19.8 Å². The summed E-state index contributed by atoms with van der Waals surface area (Å²) in [7, 11) is 0. The highest BCUT2D eigenvalue weighted by Crippen LogP contribution is 2.30. The molecule has 1 aliphatic rings. The zero-order valence-corrected chi connectivity index (χ0v) is 15.8. The van der Waals surface area contributed by atoms with Gasteiger partial charge in [0.15, 0.2) is 5.78 Å². The van der Waals surface area contributed by atoms with Crippen LogP contribution in [0.3, 0.4) is 0 Å². The number of rotatable bonds is 12. The van der Waals surface area contributed by atoms with Gasteiger partial charge in [-0.2, -0.15) is 0 Å². The fourth-order valence-corrected chi connectivity index (χ4v) is 3.51. The van der Waals surface area contributed by atoms with Crippen LogP contribution in [-0.2, 0) is 16.0 Å². The number of ketones is 1. The van der Waals surface area contributed by atoms with Crippen molar-refractivity contribution in [2.24, 2.45) is 11.8 Å². The number of allylic oxidation sites excluding steroid dienone is 4. The van der Waals surface area contributed by atoms with E-state index in [1.807, 2.05) is 36.4 Å². The summed E-state index contributed by atoms with van der Waals surface area (Å²) in [4.78, 5) is 22.6. The minimum atomic E-state index is -0.774. The first kappa shape index (κ1) is 21.1. The van der Waals surface area contributed by atoms with Crippen LogP contribution in [0.15, 0.2) is 54.6 Å². The number of carbonyl (C=O) groups excluding carboxylic acids is 1. The number of aliphatic hydroxyl groups excluding tert-OH is 1. The zero-order chi connectivity index (χ0) is 19.5. The lowest BCUT2D eigenvalue weighted by Gasteiger charge is -2.18. The largest absolute Gasteiger partial charge is 0.481 e. The minimum Gasteiger partial charge on any atom is -0.481 e. The number of hydrogen-bond donors (Lipinski definition) is 2. The van der Waals surface area contributed by atoms with E-state index in [2.05, 4.69) is 12.1 Å². The molecule has 0 amide bonds. The Morgan fingerprint density at radius 3 is 2.67 bits per heavy atom. The minimum absolute atomic E-state index is 0.0398. The van der Waals surface area contributed by atoms with Gasteiger partial charge in [0.25, 0.3) is 0 Å². The molecule has 0 aromatic heterocycles. The van der Waals surface area contributed by atoms with E-state index in [9.17, 15) is 14.7 Å². The normalized spacial score (nSPS) is 20.4. The second-order valence-electron chi connectivity index (χ2n) is 7.28. The fraction of sp³-hybridized carbons (Fsp3) is 0.478. The fourth-order valence-electron chi connectivity index (χ4n) is 3.51. The molecule has 146 valence electrons.